The molecule has 3 aromatic carbocycles. The van der Waals surface area contributed by atoms with Gasteiger partial charge in [0.05, 0.1) is 0 Å². The molecule has 0 radical (unpaired) electrons. The third-order valence-electron chi connectivity index (χ3n) is 6.05. The smallest absolute Gasteiger partial charge is 0 e. The molecule has 0 aliphatic heterocycles. The van der Waals surface area contributed by atoms with Crippen LogP contribution >= 0.6 is 0 Å². The molecule has 0 nitrogen and oxygen atoms in total. The van der Waals surface area contributed by atoms with E-state index in [2.05, 4.69) is 68.4 Å². The first-order chi connectivity index (χ1) is 11.2. The summed E-state index contributed by atoms with van der Waals surface area (Å²) < 4.78 is 0. The van der Waals surface area contributed by atoms with Crippen LogP contribution in [-0.4, -0.2) is 0 Å². The Morgan fingerprint density at radius 3 is 2.12 bits per heavy atom. The number of hydrogen-bond acceptors (Lipinski definition) is 0. The number of fused-ring (bicyclic) bond motifs is 2. The van der Waals surface area contributed by atoms with Gasteiger partial charge >= 0.3 is 0 Å². The summed E-state index contributed by atoms with van der Waals surface area (Å²) in [4.78, 5) is 0. The molecule has 0 saturated carbocycles. The van der Waals surface area contributed by atoms with E-state index in [1.165, 1.54) is 47.6 Å². The second-order valence-corrected chi connectivity index (χ2v) is 7.29. The minimum Gasteiger partial charge on any atom is -0.358 e. The Kier molecular flexibility index (Phi) is 8.14. The van der Waals surface area contributed by atoms with E-state index in [1.807, 2.05) is 0 Å². The maximum absolute atomic E-state index is 2.50. The second kappa shape index (κ2) is 9.22. The fourth-order valence-electron chi connectivity index (χ4n) is 4.32. The van der Waals surface area contributed by atoms with Crippen molar-refractivity contribution in [2.45, 2.75) is 46.0 Å². The van der Waals surface area contributed by atoms with E-state index in [-0.39, 0.29) is 40.7 Å². The Morgan fingerprint density at radius 2 is 1.50 bits per heavy atom. The van der Waals surface area contributed by atoms with Gasteiger partial charge in [-0.3, -0.25) is 0 Å². The molecule has 26 heavy (non-hydrogen) atoms. The van der Waals surface area contributed by atoms with Crippen molar-refractivity contribution in [3.8, 4) is 0 Å². The van der Waals surface area contributed by atoms with Crippen LogP contribution in [0.1, 0.15) is 48.9 Å². The first-order valence-corrected chi connectivity index (χ1v) is 8.97. The molecule has 1 aliphatic rings. The Balaban J connectivity index is 0.00000113. The van der Waals surface area contributed by atoms with Crippen LogP contribution in [0.15, 0.2) is 54.6 Å². The van der Waals surface area contributed by atoms with Crippen LogP contribution in [-0.2, 0) is 45.1 Å². The molecule has 3 aromatic rings. The van der Waals surface area contributed by atoms with E-state index >= 15 is 0 Å². The molecule has 1 aliphatic carbocycles. The minimum absolute atomic E-state index is 0. The number of hydrogen-bond donors (Lipinski definition) is 0. The predicted octanol–water partition coefficient (Wildman–Crippen LogP) is 6.95. The molecular formula is C25H31Hf-3. The van der Waals surface area contributed by atoms with Gasteiger partial charge in [-0.05, 0) is 37.5 Å². The van der Waals surface area contributed by atoms with Gasteiger partial charge in [0.2, 0.25) is 0 Å². The van der Waals surface area contributed by atoms with E-state index in [9.17, 15) is 0 Å². The summed E-state index contributed by atoms with van der Waals surface area (Å²) in [6, 6.07) is 20.4. The van der Waals surface area contributed by atoms with Crippen LogP contribution in [0.2, 0.25) is 0 Å². The van der Waals surface area contributed by atoms with Crippen LogP contribution in [0.3, 0.4) is 0 Å². The third kappa shape index (κ3) is 4.09. The largest absolute Gasteiger partial charge is 0.358 e. The average Bonchev–Trinajstić information content (AvgIpc) is 3.15. The minimum atomic E-state index is 0. The van der Waals surface area contributed by atoms with Crippen molar-refractivity contribution >= 4 is 10.8 Å². The summed E-state index contributed by atoms with van der Waals surface area (Å²) in [7, 11) is 0. The molecule has 0 spiro atoms. The van der Waals surface area contributed by atoms with Gasteiger partial charge in [0.25, 0.3) is 0 Å². The zero-order valence-corrected chi connectivity index (χ0v) is 20.3. The maximum atomic E-state index is 2.50. The molecule has 4 rings (SSSR count). The molecule has 0 atom stereocenters. The molecule has 0 amide bonds. The van der Waals surface area contributed by atoms with E-state index < -0.39 is 0 Å². The SMILES string of the molecule is CCC1(CC)Cc2cc3cc[c-](Cc4ccccc4)c3cc2C1.[CH3-].[CH3-].[Hf]. The van der Waals surface area contributed by atoms with Gasteiger partial charge in [-0.15, -0.1) is 34.5 Å². The summed E-state index contributed by atoms with van der Waals surface area (Å²) in [5.41, 5.74) is 6.58. The third-order valence-corrected chi connectivity index (χ3v) is 6.05. The predicted molar refractivity (Wildman–Crippen MR) is 112 cm³/mol. The molecular weight excluding hydrogens is 479 g/mol. The molecule has 0 aromatic heterocycles. The molecule has 0 saturated heterocycles. The fourth-order valence-corrected chi connectivity index (χ4v) is 4.32. The standard InChI is InChI=1S/C23H25.2CH3.Hf/c1-3-23(4-2)15-20-13-19-11-10-18(22(19)14-21(20)16-23)12-17-8-6-5-7-9-17;;;/h5-11,13-14H,3-4,12,15-16H2,1-2H3;2*1H3;/q3*-1;. The van der Waals surface area contributed by atoms with E-state index in [0.717, 1.165) is 6.42 Å². The Hall–Kier alpha value is -1.08. The number of benzene rings is 2. The Bertz CT molecular complexity index is 822. The average molecular weight is 510 g/mol. The first kappa shape index (κ1) is 23.0. The van der Waals surface area contributed by atoms with Crippen molar-refractivity contribution in [1.82, 2.24) is 0 Å². The van der Waals surface area contributed by atoms with E-state index in [1.54, 1.807) is 11.1 Å². The Morgan fingerprint density at radius 1 is 0.885 bits per heavy atom. The molecule has 138 valence electrons. The molecule has 0 unspecified atom stereocenters. The topological polar surface area (TPSA) is 0 Å². The molecule has 1 heteroatoms. The molecule has 0 heterocycles. The van der Waals surface area contributed by atoms with Crippen LogP contribution in [0, 0.1) is 20.3 Å². The Labute approximate surface area is 179 Å². The summed E-state index contributed by atoms with van der Waals surface area (Å²) in [5, 5.41) is 2.90. The summed E-state index contributed by atoms with van der Waals surface area (Å²) in [6.45, 7) is 4.71. The zero-order valence-electron chi connectivity index (χ0n) is 16.7. The van der Waals surface area contributed by atoms with Gasteiger partial charge < -0.3 is 14.9 Å². The second-order valence-electron chi connectivity index (χ2n) is 7.29. The van der Waals surface area contributed by atoms with Gasteiger partial charge in [-0.1, -0.05) is 60.9 Å². The van der Waals surface area contributed by atoms with Crippen LogP contribution < -0.4 is 0 Å². The van der Waals surface area contributed by atoms with Crippen molar-refractivity contribution in [1.29, 1.82) is 0 Å². The van der Waals surface area contributed by atoms with Crippen molar-refractivity contribution in [2.75, 3.05) is 0 Å². The van der Waals surface area contributed by atoms with Crippen LogP contribution in [0.5, 0.6) is 0 Å². The number of rotatable bonds is 4. The van der Waals surface area contributed by atoms with Gasteiger partial charge in [-0.25, -0.2) is 0 Å². The summed E-state index contributed by atoms with van der Waals surface area (Å²) >= 11 is 0. The van der Waals surface area contributed by atoms with Crippen LogP contribution in [0.25, 0.3) is 10.8 Å². The van der Waals surface area contributed by atoms with Crippen molar-refractivity contribution < 1.29 is 25.8 Å². The van der Waals surface area contributed by atoms with E-state index in [0.29, 0.717) is 5.41 Å². The van der Waals surface area contributed by atoms with Gasteiger partial charge in [0, 0.05) is 25.8 Å². The molecule has 0 fully saturated rings. The van der Waals surface area contributed by atoms with Crippen molar-refractivity contribution in [3.63, 3.8) is 0 Å². The van der Waals surface area contributed by atoms with Crippen LogP contribution in [0.4, 0.5) is 0 Å². The fraction of sp³-hybridized carbons (Fsp3) is 0.320. The first-order valence-electron chi connectivity index (χ1n) is 8.97. The van der Waals surface area contributed by atoms with Gasteiger partial charge in [0.1, 0.15) is 0 Å². The van der Waals surface area contributed by atoms with E-state index in [4.69, 9.17) is 0 Å². The summed E-state index contributed by atoms with van der Waals surface area (Å²) in [5.74, 6) is 0. The van der Waals surface area contributed by atoms with Crippen molar-refractivity contribution in [2.24, 2.45) is 5.41 Å². The van der Waals surface area contributed by atoms with Gasteiger partial charge in [-0.2, -0.15) is 6.07 Å². The quantitative estimate of drug-likeness (QED) is 0.263. The molecule has 0 bridgehead atoms. The van der Waals surface area contributed by atoms with Crippen molar-refractivity contribution in [3.05, 3.63) is 91.7 Å². The summed E-state index contributed by atoms with van der Waals surface area (Å²) in [6.07, 6.45) is 6.15. The monoisotopic (exact) mass is 511 g/mol. The zero-order chi connectivity index (χ0) is 15.9. The maximum Gasteiger partial charge on any atom is 0 e. The molecule has 0 N–H and O–H groups in total. The normalized spacial score (nSPS) is 14.1. The van der Waals surface area contributed by atoms with Gasteiger partial charge in [0.15, 0.2) is 0 Å².